The lowest BCUT2D eigenvalue weighted by Crippen LogP contribution is -2.40. The molecule has 0 amide bonds. The van der Waals surface area contributed by atoms with Gasteiger partial charge in [-0.15, -0.1) is 0 Å². The summed E-state index contributed by atoms with van der Waals surface area (Å²) in [5.74, 6) is 0. The Morgan fingerprint density at radius 2 is 1.97 bits per heavy atom. The van der Waals surface area contributed by atoms with Crippen LogP contribution in [0.4, 0.5) is 0 Å². The third-order valence-corrected chi connectivity index (χ3v) is 6.17. The summed E-state index contributed by atoms with van der Waals surface area (Å²) in [6, 6.07) is 7.35. The molecule has 0 bridgehead atoms. The van der Waals surface area contributed by atoms with Gasteiger partial charge in [-0.2, -0.15) is 9.61 Å². The van der Waals surface area contributed by atoms with Gasteiger partial charge in [0.25, 0.3) is 0 Å². The van der Waals surface area contributed by atoms with Crippen LogP contribution in [0.2, 0.25) is 10.0 Å². The van der Waals surface area contributed by atoms with E-state index < -0.39 is 0 Å². The maximum atomic E-state index is 13.1. The number of hydrogen-bond donors (Lipinski definition) is 0. The van der Waals surface area contributed by atoms with Gasteiger partial charge in [-0.05, 0) is 36.2 Å². The number of ether oxygens (including phenoxy) is 1. The van der Waals surface area contributed by atoms with E-state index in [1.165, 1.54) is 10.8 Å². The van der Waals surface area contributed by atoms with E-state index in [0.717, 1.165) is 42.8 Å². The second-order valence-corrected chi connectivity index (χ2v) is 8.56. The molecule has 31 heavy (non-hydrogen) atoms. The number of morpholine rings is 1. The summed E-state index contributed by atoms with van der Waals surface area (Å²) in [6.45, 7) is 5.58. The highest BCUT2D eigenvalue weighted by Gasteiger charge is 2.19. The van der Waals surface area contributed by atoms with Crippen molar-refractivity contribution >= 4 is 39.9 Å². The zero-order chi connectivity index (χ0) is 21.5. The maximum absolute atomic E-state index is 13.1. The van der Waals surface area contributed by atoms with E-state index in [1.807, 2.05) is 18.3 Å². The smallest absolute Gasteiger partial charge is 0.352 e. The number of halogens is 2. The van der Waals surface area contributed by atoms with Gasteiger partial charge in [-0.25, -0.2) is 14.8 Å². The largest absolute Gasteiger partial charge is 0.376 e. The number of benzene rings is 1. The van der Waals surface area contributed by atoms with Crippen molar-refractivity contribution in [3.63, 3.8) is 0 Å². The molecule has 0 radical (unpaired) electrons. The van der Waals surface area contributed by atoms with Crippen molar-refractivity contribution in [1.29, 1.82) is 0 Å². The zero-order valence-corrected chi connectivity index (χ0v) is 18.3. The van der Waals surface area contributed by atoms with Crippen molar-refractivity contribution in [2.75, 3.05) is 19.7 Å². The summed E-state index contributed by atoms with van der Waals surface area (Å²) in [5, 5.41) is 5.81. The van der Waals surface area contributed by atoms with Crippen molar-refractivity contribution < 1.29 is 4.74 Å². The number of pyridine rings is 1. The lowest BCUT2D eigenvalue weighted by molar-refractivity contribution is -0.0212. The number of fused-ring (bicyclic) bond motifs is 3. The quantitative estimate of drug-likeness (QED) is 0.467. The van der Waals surface area contributed by atoms with E-state index in [0.29, 0.717) is 21.3 Å². The van der Waals surface area contributed by atoms with Crippen LogP contribution in [0.3, 0.4) is 0 Å². The van der Waals surface area contributed by atoms with E-state index in [4.69, 9.17) is 27.9 Å². The third kappa shape index (κ3) is 3.92. The Bertz CT molecular complexity index is 1330. The highest BCUT2D eigenvalue weighted by atomic mass is 35.5. The first-order chi connectivity index (χ1) is 15.0. The van der Waals surface area contributed by atoms with Gasteiger partial charge in [-0.1, -0.05) is 29.3 Å². The summed E-state index contributed by atoms with van der Waals surface area (Å²) in [7, 11) is 0. The minimum absolute atomic E-state index is 0.210. The Morgan fingerprint density at radius 3 is 2.77 bits per heavy atom. The predicted molar refractivity (Wildman–Crippen MR) is 119 cm³/mol. The number of rotatable bonds is 4. The van der Waals surface area contributed by atoms with Crippen LogP contribution >= 0.6 is 23.2 Å². The van der Waals surface area contributed by atoms with Gasteiger partial charge in [0.05, 0.1) is 34.7 Å². The molecule has 0 aliphatic carbocycles. The molecule has 4 aromatic rings. The average Bonchev–Trinajstić information content (AvgIpc) is 3.24. The van der Waals surface area contributed by atoms with E-state index in [9.17, 15) is 4.79 Å². The third-order valence-electron chi connectivity index (χ3n) is 5.44. The molecule has 1 aliphatic rings. The van der Waals surface area contributed by atoms with E-state index in [-0.39, 0.29) is 18.3 Å². The lowest BCUT2D eigenvalue weighted by atomic mass is 10.2. The molecule has 160 valence electrons. The summed E-state index contributed by atoms with van der Waals surface area (Å²) in [4.78, 5) is 24.4. The Kier molecular flexibility index (Phi) is 5.39. The van der Waals surface area contributed by atoms with Crippen molar-refractivity contribution in [2.24, 2.45) is 0 Å². The highest BCUT2D eigenvalue weighted by molar-refractivity contribution is 6.42. The molecule has 1 atom stereocenters. The summed E-state index contributed by atoms with van der Waals surface area (Å²) < 4.78 is 8.52. The highest BCUT2D eigenvalue weighted by Crippen LogP contribution is 2.24. The first-order valence-electron chi connectivity index (χ1n) is 9.98. The van der Waals surface area contributed by atoms with Gasteiger partial charge < -0.3 is 4.74 Å². The molecule has 8 nitrogen and oxygen atoms in total. The molecule has 1 saturated heterocycles. The normalized spacial score (nSPS) is 17.6. The first-order valence-corrected chi connectivity index (χ1v) is 10.7. The molecule has 0 saturated carbocycles. The molecular weight excluding hydrogens is 439 g/mol. The molecule has 10 heteroatoms. The van der Waals surface area contributed by atoms with Gasteiger partial charge >= 0.3 is 5.69 Å². The molecular formula is C21H20Cl2N6O2. The van der Waals surface area contributed by atoms with Crippen molar-refractivity contribution in [3.8, 4) is 0 Å². The monoisotopic (exact) mass is 458 g/mol. The average molecular weight is 459 g/mol. The minimum Gasteiger partial charge on any atom is -0.376 e. The van der Waals surface area contributed by atoms with Crippen LogP contribution in [0.1, 0.15) is 18.1 Å². The Labute approximate surface area is 188 Å². The van der Waals surface area contributed by atoms with Gasteiger partial charge in [-0.3, -0.25) is 9.47 Å². The Hall–Kier alpha value is -2.52. The fourth-order valence-electron chi connectivity index (χ4n) is 3.99. The Balaban J connectivity index is 1.59. The standard InChI is InChI=1S/C21H20Cl2N6O2/c1-13-9-27(4-5-31-13)10-15-6-16-19(24-8-15)28(21(30)29-20(16)25-12-26-29)11-14-2-3-17(22)18(23)7-14/h2-3,6-8,12-13H,4-5,9-11H2,1H3. The van der Waals surface area contributed by atoms with Gasteiger partial charge in [0.2, 0.25) is 0 Å². The SMILES string of the molecule is CC1CN(Cc2cnc3c(c2)c2ncnn2c(=O)n3Cc2ccc(Cl)c(Cl)c2)CCO1. The molecule has 1 fully saturated rings. The maximum Gasteiger partial charge on any atom is 0.352 e. The molecule has 1 unspecified atom stereocenters. The molecule has 0 N–H and O–H groups in total. The van der Waals surface area contributed by atoms with Crippen LogP contribution < -0.4 is 5.69 Å². The second-order valence-electron chi connectivity index (χ2n) is 7.74. The van der Waals surface area contributed by atoms with E-state index in [1.54, 1.807) is 16.7 Å². The van der Waals surface area contributed by atoms with Crippen LogP contribution in [0.25, 0.3) is 16.7 Å². The molecule has 1 aromatic carbocycles. The topological polar surface area (TPSA) is 77.6 Å². The minimum atomic E-state index is -0.312. The number of nitrogens with zero attached hydrogens (tertiary/aromatic N) is 6. The van der Waals surface area contributed by atoms with Crippen molar-refractivity contribution in [1.82, 2.24) is 29.0 Å². The van der Waals surface area contributed by atoms with Crippen LogP contribution in [-0.4, -0.2) is 54.8 Å². The van der Waals surface area contributed by atoms with Crippen LogP contribution in [0.5, 0.6) is 0 Å². The van der Waals surface area contributed by atoms with Crippen LogP contribution in [-0.2, 0) is 17.8 Å². The molecule has 0 spiro atoms. The van der Waals surface area contributed by atoms with Crippen molar-refractivity contribution in [2.45, 2.75) is 26.1 Å². The van der Waals surface area contributed by atoms with E-state index in [2.05, 4.69) is 26.9 Å². The number of hydrogen-bond acceptors (Lipinski definition) is 6. The summed E-state index contributed by atoms with van der Waals surface area (Å²) in [5.41, 5.74) is 2.62. The molecule has 5 rings (SSSR count). The number of aromatic nitrogens is 5. The summed E-state index contributed by atoms with van der Waals surface area (Å²) in [6.07, 6.45) is 3.41. The molecule has 3 aromatic heterocycles. The summed E-state index contributed by atoms with van der Waals surface area (Å²) >= 11 is 12.2. The Morgan fingerprint density at radius 1 is 1.10 bits per heavy atom. The van der Waals surface area contributed by atoms with Crippen LogP contribution in [0.15, 0.2) is 41.6 Å². The fourth-order valence-corrected chi connectivity index (χ4v) is 4.31. The van der Waals surface area contributed by atoms with Gasteiger partial charge in [0, 0.05) is 25.8 Å². The molecule has 4 heterocycles. The van der Waals surface area contributed by atoms with Gasteiger partial charge in [0.1, 0.15) is 12.0 Å². The van der Waals surface area contributed by atoms with E-state index >= 15 is 0 Å². The van der Waals surface area contributed by atoms with Crippen molar-refractivity contribution in [3.05, 3.63) is 68.4 Å². The first kappa shape index (κ1) is 20.4. The lowest BCUT2D eigenvalue weighted by Gasteiger charge is -2.31. The predicted octanol–water partition coefficient (Wildman–Crippen LogP) is 3.02. The molecule has 1 aliphatic heterocycles. The van der Waals surface area contributed by atoms with Crippen LogP contribution in [0, 0.1) is 0 Å². The fraction of sp³-hybridized carbons (Fsp3) is 0.333. The zero-order valence-electron chi connectivity index (χ0n) is 16.8. The van der Waals surface area contributed by atoms with Gasteiger partial charge in [0.15, 0.2) is 5.65 Å². The second kappa shape index (κ2) is 8.20.